The lowest BCUT2D eigenvalue weighted by Crippen LogP contribution is -2.43. The molecule has 0 bridgehead atoms. The molecule has 1 saturated heterocycles. The third-order valence-corrected chi connectivity index (χ3v) is 3.07. The van der Waals surface area contributed by atoms with E-state index in [0.717, 1.165) is 25.2 Å². The van der Waals surface area contributed by atoms with Crippen molar-refractivity contribution in [2.24, 2.45) is 5.92 Å². The second kappa shape index (κ2) is 5.10. The Hall–Kier alpha value is -1.01. The van der Waals surface area contributed by atoms with E-state index < -0.39 is 11.6 Å². The van der Waals surface area contributed by atoms with E-state index in [-0.39, 0.29) is 23.9 Å². The minimum Gasteiger partial charge on any atom is -0.321 e. The molecule has 0 unspecified atom stereocenters. The summed E-state index contributed by atoms with van der Waals surface area (Å²) in [6.07, 6.45) is 0.280. The molecule has 0 atom stereocenters. The van der Waals surface area contributed by atoms with Crippen LogP contribution < -0.4 is 10.6 Å². The van der Waals surface area contributed by atoms with Gasteiger partial charge in [-0.2, -0.15) is 0 Å². The molecular formula is C11H11BrF2N2O. The highest BCUT2D eigenvalue weighted by atomic mass is 79.9. The van der Waals surface area contributed by atoms with E-state index in [9.17, 15) is 13.6 Å². The zero-order valence-electron chi connectivity index (χ0n) is 8.90. The van der Waals surface area contributed by atoms with E-state index in [1.807, 2.05) is 0 Å². The molecule has 0 aliphatic carbocycles. The van der Waals surface area contributed by atoms with Crippen molar-refractivity contribution in [2.75, 3.05) is 18.4 Å². The Morgan fingerprint density at radius 2 is 2.00 bits per heavy atom. The molecule has 92 valence electrons. The maximum Gasteiger partial charge on any atom is 0.224 e. The quantitative estimate of drug-likeness (QED) is 0.899. The number of amides is 1. The number of halogens is 3. The van der Waals surface area contributed by atoms with Crippen LogP contribution in [0, 0.1) is 17.6 Å². The smallest absolute Gasteiger partial charge is 0.224 e. The van der Waals surface area contributed by atoms with Crippen molar-refractivity contribution in [1.29, 1.82) is 0 Å². The van der Waals surface area contributed by atoms with Crippen LogP contribution in [0.1, 0.15) is 6.42 Å². The number of hydrogen-bond acceptors (Lipinski definition) is 2. The number of nitrogens with one attached hydrogen (secondary N) is 2. The topological polar surface area (TPSA) is 41.1 Å². The Labute approximate surface area is 106 Å². The molecule has 17 heavy (non-hydrogen) atoms. The highest BCUT2D eigenvalue weighted by molar-refractivity contribution is 9.10. The lowest BCUT2D eigenvalue weighted by Gasteiger charge is -2.26. The van der Waals surface area contributed by atoms with Gasteiger partial charge in [0.1, 0.15) is 5.69 Å². The van der Waals surface area contributed by atoms with Crippen molar-refractivity contribution >= 4 is 27.5 Å². The Kier molecular flexibility index (Phi) is 3.73. The molecule has 0 saturated carbocycles. The van der Waals surface area contributed by atoms with Gasteiger partial charge in [-0.15, -0.1) is 0 Å². The first kappa shape index (κ1) is 12.4. The van der Waals surface area contributed by atoms with Crippen LogP contribution in [0.3, 0.4) is 0 Å². The van der Waals surface area contributed by atoms with Crippen LogP contribution in [0.15, 0.2) is 16.6 Å². The van der Waals surface area contributed by atoms with Crippen molar-refractivity contribution in [1.82, 2.24) is 5.32 Å². The normalized spacial score (nSPS) is 15.5. The average molecular weight is 305 g/mol. The predicted molar refractivity (Wildman–Crippen MR) is 63.7 cm³/mol. The number of carbonyl (C=O) groups is 1. The minimum absolute atomic E-state index is 0.261. The molecule has 3 nitrogen and oxygen atoms in total. The van der Waals surface area contributed by atoms with E-state index in [0.29, 0.717) is 4.47 Å². The van der Waals surface area contributed by atoms with Crippen LogP contribution in [0.25, 0.3) is 0 Å². The Morgan fingerprint density at radius 1 is 1.41 bits per heavy atom. The van der Waals surface area contributed by atoms with Crippen molar-refractivity contribution < 1.29 is 13.6 Å². The minimum atomic E-state index is -0.781. The van der Waals surface area contributed by atoms with Gasteiger partial charge in [0.25, 0.3) is 0 Å². The SMILES string of the molecule is O=C(CC1CNC1)Nc1c(F)cc(Br)cc1F. The standard InChI is InChI=1S/C11H11BrF2N2O/c12-7-2-8(13)11(9(14)3-7)16-10(17)1-6-4-15-5-6/h2-3,6,15H,1,4-5H2,(H,16,17). The molecule has 0 spiro atoms. The van der Waals surface area contributed by atoms with E-state index >= 15 is 0 Å². The van der Waals surface area contributed by atoms with Crippen LogP contribution in [0.4, 0.5) is 14.5 Å². The average Bonchev–Trinajstić information content (AvgIpc) is 2.17. The van der Waals surface area contributed by atoms with Gasteiger partial charge in [0.05, 0.1) is 0 Å². The van der Waals surface area contributed by atoms with E-state index in [4.69, 9.17) is 0 Å². The van der Waals surface area contributed by atoms with Crippen LogP contribution >= 0.6 is 15.9 Å². The maximum atomic E-state index is 13.4. The highest BCUT2D eigenvalue weighted by Gasteiger charge is 2.21. The monoisotopic (exact) mass is 304 g/mol. The molecular weight excluding hydrogens is 294 g/mol. The predicted octanol–water partition coefficient (Wildman–Crippen LogP) is 2.28. The Morgan fingerprint density at radius 3 is 2.47 bits per heavy atom. The fraction of sp³-hybridized carbons (Fsp3) is 0.364. The van der Waals surface area contributed by atoms with Crippen molar-refractivity contribution in [2.45, 2.75) is 6.42 Å². The van der Waals surface area contributed by atoms with Crippen LogP contribution in [-0.2, 0) is 4.79 Å². The van der Waals surface area contributed by atoms with E-state index in [1.165, 1.54) is 0 Å². The van der Waals surface area contributed by atoms with Crippen molar-refractivity contribution in [3.05, 3.63) is 28.2 Å². The maximum absolute atomic E-state index is 13.4. The molecule has 1 amide bonds. The first-order chi connectivity index (χ1) is 8.06. The molecule has 2 N–H and O–H groups in total. The van der Waals surface area contributed by atoms with Crippen LogP contribution in [-0.4, -0.2) is 19.0 Å². The zero-order valence-corrected chi connectivity index (χ0v) is 10.5. The molecule has 1 fully saturated rings. The Bertz CT molecular complexity index is 426. The third-order valence-electron chi connectivity index (χ3n) is 2.61. The molecule has 2 rings (SSSR count). The van der Waals surface area contributed by atoms with Gasteiger partial charge >= 0.3 is 0 Å². The Balaban J connectivity index is 2.04. The second-order valence-electron chi connectivity index (χ2n) is 4.02. The second-order valence-corrected chi connectivity index (χ2v) is 4.94. The van der Waals surface area contributed by atoms with Gasteiger partial charge in [-0.25, -0.2) is 8.78 Å². The molecule has 6 heteroatoms. The lowest BCUT2D eigenvalue weighted by molar-refractivity contribution is -0.117. The summed E-state index contributed by atoms with van der Waals surface area (Å²) in [6.45, 7) is 1.55. The highest BCUT2D eigenvalue weighted by Crippen LogP contribution is 2.24. The van der Waals surface area contributed by atoms with Crippen LogP contribution in [0.5, 0.6) is 0 Å². The zero-order chi connectivity index (χ0) is 12.4. The van der Waals surface area contributed by atoms with E-state index in [1.54, 1.807) is 0 Å². The summed E-state index contributed by atoms with van der Waals surface area (Å²) in [7, 11) is 0. The third kappa shape index (κ3) is 3.01. The molecule has 1 aliphatic heterocycles. The van der Waals surface area contributed by atoms with Gasteiger partial charge in [-0.05, 0) is 31.1 Å². The molecule has 1 aliphatic rings. The van der Waals surface area contributed by atoms with Gasteiger partial charge in [0, 0.05) is 10.9 Å². The molecule has 1 aromatic rings. The number of rotatable bonds is 3. The number of hydrogen-bond donors (Lipinski definition) is 2. The molecule has 1 heterocycles. The summed E-state index contributed by atoms with van der Waals surface area (Å²) in [5, 5.41) is 5.29. The molecule has 1 aromatic carbocycles. The fourth-order valence-corrected chi connectivity index (χ4v) is 2.01. The summed E-state index contributed by atoms with van der Waals surface area (Å²) in [5.41, 5.74) is -0.384. The van der Waals surface area contributed by atoms with Gasteiger partial charge in [-0.1, -0.05) is 15.9 Å². The summed E-state index contributed by atoms with van der Waals surface area (Å²) >= 11 is 2.97. The fourth-order valence-electron chi connectivity index (χ4n) is 1.61. The number of carbonyl (C=O) groups excluding carboxylic acids is 1. The number of benzene rings is 1. The van der Waals surface area contributed by atoms with Gasteiger partial charge in [-0.3, -0.25) is 4.79 Å². The first-order valence-corrected chi connectivity index (χ1v) is 6.00. The van der Waals surface area contributed by atoms with E-state index in [2.05, 4.69) is 26.6 Å². The lowest BCUT2D eigenvalue weighted by atomic mass is 9.99. The number of anilines is 1. The van der Waals surface area contributed by atoms with Gasteiger partial charge in [0.15, 0.2) is 11.6 Å². The van der Waals surface area contributed by atoms with Gasteiger partial charge < -0.3 is 10.6 Å². The molecule has 0 radical (unpaired) electrons. The largest absolute Gasteiger partial charge is 0.321 e. The van der Waals surface area contributed by atoms with Crippen molar-refractivity contribution in [3.8, 4) is 0 Å². The first-order valence-electron chi connectivity index (χ1n) is 5.21. The molecule has 0 aromatic heterocycles. The summed E-state index contributed by atoms with van der Waals surface area (Å²) in [5.74, 6) is -1.66. The summed E-state index contributed by atoms with van der Waals surface area (Å²) < 4.78 is 27.1. The van der Waals surface area contributed by atoms with Gasteiger partial charge in [0.2, 0.25) is 5.91 Å². The summed E-state index contributed by atoms with van der Waals surface area (Å²) in [6, 6.07) is 2.23. The summed E-state index contributed by atoms with van der Waals surface area (Å²) in [4.78, 5) is 11.5. The van der Waals surface area contributed by atoms with Crippen molar-refractivity contribution in [3.63, 3.8) is 0 Å². The van der Waals surface area contributed by atoms with Crippen LogP contribution in [0.2, 0.25) is 0 Å².